The molecule has 0 atom stereocenters. The molecule has 1 aliphatic carbocycles. The first-order valence-electron chi connectivity index (χ1n) is 6.68. The van der Waals surface area contributed by atoms with Crippen molar-refractivity contribution < 1.29 is 0 Å². The van der Waals surface area contributed by atoms with E-state index < -0.39 is 0 Å². The van der Waals surface area contributed by atoms with Gasteiger partial charge in [-0.25, -0.2) is 4.98 Å². The van der Waals surface area contributed by atoms with Gasteiger partial charge in [-0.15, -0.1) is 0 Å². The molecular formula is C14H21N3O. The van der Waals surface area contributed by atoms with Crippen LogP contribution in [0.25, 0.3) is 0 Å². The van der Waals surface area contributed by atoms with Crippen LogP contribution in [0.4, 0.5) is 5.82 Å². The first kappa shape index (κ1) is 12.9. The second-order valence-corrected chi connectivity index (χ2v) is 5.10. The zero-order chi connectivity index (χ0) is 13.0. The molecule has 2 N–H and O–H groups in total. The van der Waals surface area contributed by atoms with Crippen LogP contribution in [-0.2, 0) is 0 Å². The van der Waals surface area contributed by atoms with E-state index in [1.165, 1.54) is 30.9 Å². The fourth-order valence-electron chi connectivity index (χ4n) is 2.16. The van der Waals surface area contributed by atoms with Gasteiger partial charge in [-0.3, -0.25) is 4.79 Å². The van der Waals surface area contributed by atoms with Crippen LogP contribution in [0.3, 0.4) is 0 Å². The number of H-pyrrole nitrogens is 1. The van der Waals surface area contributed by atoms with Gasteiger partial charge in [0, 0.05) is 18.5 Å². The predicted molar refractivity (Wildman–Crippen MR) is 74.0 cm³/mol. The lowest BCUT2D eigenvalue weighted by Crippen LogP contribution is -2.15. The molecule has 1 aromatic heterocycles. The Labute approximate surface area is 108 Å². The molecule has 0 saturated carbocycles. The number of anilines is 1. The summed E-state index contributed by atoms with van der Waals surface area (Å²) in [5, 5.41) is 3.24. The van der Waals surface area contributed by atoms with Crippen molar-refractivity contribution in [2.24, 2.45) is 0 Å². The summed E-state index contributed by atoms with van der Waals surface area (Å²) in [4.78, 5) is 18.7. The normalized spacial score (nSPS) is 14.9. The van der Waals surface area contributed by atoms with E-state index in [-0.39, 0.29) is 11.5 Å². The molecule has 1 heterocycles. The van der Waals surface area contributed by atoms with Crippen LogP contribution >= 0.6 is 0 Å². The summed E-state index contributed by atoms with van der Waals surface area (Å²) < 4.78 is 0. The molecule has 4 heteroatoms. The standard InChI is InChI=1S/C14H21N3O/c1-10(2)14-16-12(9-13(18)17-14)15-8-7-11-5-3-4-6-11/h5,9-10H,3-4,6-8H2,1-2H3,(H2,15,16,17,18). The van der Waals surface area contributed by atoms with Crippen molar-refractivity contribution in [2.75, 3.05) is 11.9 Å². The first-order chi connectivity index (χ1) is 8.65. The maximum atomic E-state index is 11.5. The topological polar surface area (TPSA) is 57.8 Å². The summed E-state index contributed by atoms with van der Waals surface area (Å²) in [6.07, 6.45) is 7.10. The summed E-state index contributed by atoms with van der Waals surface area (Å²) in [6, 6.07) is 1.52. The Morgan fingerprint density at radius 1 is 1.50 bits per heavy atom. The van der Waals surface area contributed by atoms with Gasteiger partial charge in [0.05, 0.1) is 0 Å². The number of hydrogen-bond acceptors (Lipinski definition) is 3. The molecule has 1 aromatic rings. The number of hydrogen-bond donors (Lipinski definition) is 2. The number of aromatic amines is 1. The fourth-order valence-corrected chi connectivity index (χ4v) is 2.16. The third kappa shape index (κ3) is 3.45. The lowest BCUT2D eigenvalue weighted by atomic mass is 10.2. The Morgan fingerprint density at radius 3 is 3.00 bits per heavy atom. The lowest BCUT2D eigenvalue weighted by Gasteiger charge is -2.09. The van der Waals surface area contributed by atoms with E-state index in [0.29, 0.717) is 5.82 Å². The molecular weight excluding hydrogens is 226 g/mol. The van der Waals surface area contributed by atoms with Crippen molar-refractivity contribution in [2.45, 2.75) is 45.4 Å². The average molecular weight is 247 g/mol. The molecule has 0 radical (unpaired) electrons. The molecule has 98 valence electrons. The van der Waals surface area contributed by atoms with Gasteiger partial charge in [0.15, 0.2) is 0 Å². The summed E-state index contributed by atoms with van der Waals surface area (Å²) in [5.41, 5.74) is 1.44. The van der Waals surface area contributed by atoms with Crippen LogP contribution in [0.15, 0.2) is 22.5 Å². The molecule has 0 amide bonds. The Kier molecular flexibility index (Phi) is 4.18. The fraction of sp³-hybridized carbons (Fsp3) is 0.571. The second kappa shape index (κ2) is 5.85. The summed E-state index contributed by atoms with van der Waals surface area (Å²) >= 11 is 0. The Hall–Kier alpha value is -1.58. The van der Waals surface area contributed by atoms with E-state index in [0.717, 1.165) is 18.8 Å². The summed E-state index contributed by atoms with van der Waals surface area (Å²) in [7, 11) is 0. The highest BCUT2D eigenvalue weighted by atomic mass is 16.1. The third-order valence-electron chi connectivity index (χ3n) is 3.19. The smallest absolute Gasteiger partial charge is 0.252 e. The molecule has 0 saturated heterocycles. The van der Waals surface area contributed by atoms with Gasteiger partial charge < -0.3 is 10.3 Å². The lowest BCUT2D eigenvalue weighted by molar-refractivity contribution is 0.766. The van der Waals surface area contributed by atoms with E-state index in [1.807, 2.05) is 13.8 Å². The van der Waals surface area contributed by atoms with Gasteiger partial charge in [-0.1, -0.05) is 25.5 Å². The van der Waals surface area contributed by atoms with E-state index in [1.54, 1.807) is 0 Å². The van der Waals surface area contributed by atoms with Gasteiger partial charge >= 0.3 is 0 Å². The first-order valence-corrected chi connectivity index (χ1v) is 6.68. The molecule has 0 spiro atoms. The molecule has 0 bridgehead atoms. The number of rotatable bonds is 5. The molecule has 0 unspecified atom stereocenters. The van der Waals surface area contributed by atoms with Crippen LogP contribution in [0, 0.1) is 0 Å². The van der Waals surface area contributed by atoms with Crippen molar-refractivity contribution in [3.05, 3.63) is 33.9 Å². The Morgan fingerprint density at radius 2 is 2.33 bits per heavy atom. The Balaban J connectivity index is 1.94. The second-order valence-electron chi connectivity index (χ2n) is 5.10. The molecule has 0 fully saturated rings. The molecule has 4 nitrogen and oxygen atoms in total. The number of allylic oxidation sites excluding steroid dienone is 1. The highest BCUT2D eigenvalue weighted by molar-refractivity contribution is 5.33. The van der Waals surface area contributed by atoms with Gasteiger partial charge in [-0.05, 0) is 25.7 Å². The van der Waals surface area contributed by atoms with Gasteiger partial charge in [0.2, 0.25) is 0 Å². The summed E-state index contributed by atoms with van der Waals surface area (Å²) in [6.45, 7) is 4.89. The number of aromatic nitrogens is 2. The maximum Gasteiger partial charge on any atom is 0.252 e. The Bertz CT molecular complexity index is 488. The largest absolute Gasteiger partial charge is 0.370 e. The van der Waals surface area contributed by atoms with Crippen molar-refractivity contribution in [1.82, 2.24) is 9.97 Å². The van der Waals surface area contributed by atoms with E-state index in [4.69, 9.17) is 0 Å². The number of nitrogens with one attached hydrogen (secondary N) is 2. The van der Waals surface area contributed by atoms with Crippen molar-refractivity contribution in [3.63, 3.8) is 0 Å². The van der Waals surface area contributed by atoms with E-state index in [2.05, 4.69) is 21.4 Å². The van der Waals surface area contributed by atoms with Crippen molar-refractivity contribution >= 4 is 5.82 Å². The van der Waals surface area contributed by atoms with Crippen molar-refractivity contribution in [1.29, 1.82) is 0 Å². The zero-order valence-corrected chi connectivity index (χ0v) is 11.1. The monoisotopic (exact) mass is 247 g/mol. The summed E-state index contributed by atoms with van der Waals surface area (Å²) in [5.74, 6) is 1.66. The molecule has 0 aliphatic heterocycles. The average Bonchev–Trinajstić information content (AvgIpc) is 2.81. The zero-order valence-electron chi connectivity index (χ0n) is 11.1. The highest BCUT2D eigenvalue weighted by Crippen LogP contribution is 2.20. The molecule has 2 rings (SSSR count). The van der Waals surface area contributed by atoms with Crippen LogP contribution < -0.4 is 10.9 Å². The minimum Gasteiger partial charge on any atom is -0.370 e. The third-order valence-corrected chi connectivity index (χ3v) is 3.19. The SMILES string of the molecule is CC(C)c1nc(NCCC2=CCCC2)cc(=O)[nH]1. The van der Waals surface area contributed by atoms with Crippen LogP contribution in [0.2, 0.25) is 0 Å². The van der Waals surface area contributed by atoms with Crippen LogP contribution in [-0.4, -0.2) is 16.5 Å². The number of nitrogens with zero attached hydrogens (tertiary/aromatic N) is 1. The van der Waals surface area contributed by atoms with Gasteiger partial charge in [-0.2, -0.15) is 0 Å². The quantitative estimate of drug-likeness (QED) is 0.787. The molecule has 18 heavy (non-hydrogen) atoms. The van der Waals surface area contributed by atoms with Crippen LogP contribution in [0.5, 0.6) is 0 Å². The predicted octanol–water partition coefficient (Wildman–Crippen LogP) is 2.81. The van der Waals surface area contributed by atoms with Gasteiger partial charge in [0.1, 0.15) is 11.6 Å². The minimum absolute atomic E-state index is 0.0868. The van der Waals surface area contributed by atoms with E-state index in [9.17, 15) is 4.79 Å². The molecule has 1 aliphatic rings. The maximum absolute atomic E-state index is 11.5. The van der Waals surface area contributed by atoms with E-state index >= 15 is 0 Å². The van der Waals surface area contributed by atoms with Crippen molar-refractivity contribution in [3.8, 4) is 0 Å². The van der Waals surface area contributed by atoms with Gasteiger partial charge in [0.25, 0.3) is 5.56 Å². The minimum atomic E-state index is -0.0868. The van der Waals surface area contributed by atoms with Crippen LogP contribution in [0.1, 0.15) is 51.3 Å². The highest BCUT2D eigenvalue weighted by Gasteiger charge is 2.06. The molecule has 0 aromatic carbocycles.